The van der Waals surface area contributed by atoms with E-state index in [4.69, 9.17) is 4.74 Å². The molecule has 28 heavy (non-hydrogen) atoms. The van der Waals surface area contributed by atoms with Crippen molar-refractivity contribution < 1.29 is 9.53 Å². The molecule has 0 N–H and O–H groups in total. The zero-order valence-corrected chi connectivity index (χ0v) is 17.2. The average Bonchev–Trinajstić information content (AvgIpc) is 2.68. The molecule has 0 amide bonds. The summed E-state index contributed by atoms with van der Waals surface area (Å²) in [6.45, 7) is 7.89. The number of carbonyl (C=O) groups excluding carboxylic acids is 1. The maximum Gasteiger partial charge on any atom is 0.258 e. The van der Waals surface area contributed by atoms with Crippen molar-refractivity contribution in [1.82, 2.24) is 4.57 Å². The smallest absolute Gasteiger partial charge is 0.258 e. The van der Waals surface area contributed by atoms with Crippen LogP contribution in [-0.4, -0.2) is 17.0 Å². The Morgan fingerprint density at radius 1 is 1.07 bits per heavy atom. The van der Waals surface area contributed by atoms with Gasteiger partial charge in [0, 0.05) is 18.0 Å². The Morgan fingerprint density at radius 3 is 2.32 bits per heavy atom. The van der Waals surface area contributed by atoms with E-state index in [1.54, 1.807) is 11.6 Å². The third-order valence-corrected chi connectivity index (χ3v) is 5.06. The molecule has 0 bridgehead atoms. The fraction of sp³-hybridized carbons (Fsp3) is 0.333. The van der Waals surface area contributed by atoms with Gasteiger partial charge >= 0.3 is 0 Å². The Labute approximate surface area is 165 Å². The quantitative estimate of drug-likeness (QED) is 0.583. The van der Waals surface area contributed by atoms with Crippen LogP contribution in [0.1, 0.15) is 43.7 Å². The summed E-state index contributed by atoms with van der Waals surface area (Å²) in [6, 6.07) is 14.1. The first-order valence-corrected chi connectivity index (χ1v) is 9.70. The van der Waals surface area contributed by atoms with Crippen molar-refractivity contribution in [3.8, 4) is 11.1 Å². The number of hydrogen-bond donors (Lipinski definition) is 0. The summed E-state index contributed by atoms with van der Waals surface area (Å²) in [4.78, 5) is 25.0. The number of hydrogen-bond acceptors (Lipinski definition) is 3. The number of carbonyl (C=O) groups is 1. The van der Waals surface area contributed by atoms with Gasteiger partial charge in [-0.05, 0) is 49.8 Å². The molecule has 0 aliphatic heterocycles. The van der Waals surface area contributed by atoms with Gasteiger partial charge in [0.2, 0.25) is 0 Å². The van der Waals surface area contributed by atoms with Crippen molar-refractivity contribution in [2.45, 2.75) is 46.3 Å². The van der Waals surface area contributed by atoms with Gasteiger partial charge in [0.15, 0.2) is 12.4 Å². The van der Waals surface area contributed by atoms with Gasteiger partial charge in [0.05, 0.1) is 11.8 Å². The van der Waals surface area contributed by atoms with Crippen molar-refractivity contribution in [3.63, 3.8) is 0 Å². The number of aromatic nitrogens is 1. The van der Waals surface area contributed by atoms with Gasteiger partial charge in [-0.15, -0.1) is 0 Å². The molecule has 1 aromatic heterocycles. The maximum absolute atomic E-state index is 13.0. The van der Waals surface area contributed by atoms with E-state index in [0.29, 0.717) is 11.1 Å². The maximum atomic E-state index is 13.0. The highest BCUT2D eigenvalue weighted by Gasteiger charge is 2.24. The summed E-state index contributed by atoms with van der Waals surface area (Å²) < 4.78 is 7.44. The summed E-state index contributed by atoms with van der Waals surface area (Å²) in [5.41, 5.74) is 4.61. The molecule has 1 unspecified atom stereocenters. The van der Waals surface area contributed by atoms with E-state index in [1.807, 2.05) is 39.0 Å². The van der Waals surface area contributed by atoms with Crippen LogP contribution in [0, 0.1) is 6.92 Å². The minimum atomic E-state index is -0.816. The van der Waals surface area contributed by atoms with E-state index in [-0.39, 0.29) is 11.7 Å². The van der Waals surface area contributed by atoms with E-state index in [1.165, 1.54) is 5.56 Å². The molecule has 2 aromatic carbocycles. The molecular formula is C24H27NO3. The van der Waals surface area contributed by atoms with E-state index in [2.05, 4.69) is 31.2 Å². The van der Waals surface area contributed by atoms with Crippen LogP contribution in [0.15, 0.2) is 47.3 Å². The summed E-state index contributed by atoms with van der Waals surface area (Å²) in [5, 5.41) is 1.49. The number of ether oxygens (including phenoxy) is 1. The van der Waals surface area contributed by atoms with Crippen molar-refractivity contribution in [3.05, 3.63) is 69.6 Å². The van der Waals surface area contributed by atoms with E-state index >= 15 is 0 Å². The molecule has 146 valence electrons. The lowest BCUT2D eigenvalue weighted by Crippen LogP contribution is -2.26. The molecule has 0 radical (unpaired) electrons. The Kier molecular flexibility index (Phi) is 5.80. The van der Waals surface area contributed by atoms with Crippen LogP contribution in [0.3, 0.4) is 0 Å². The molecule has 0 spiro atoms. The Bertz CT molecular complexity index is 1060. The Balaban J connectivity index is 2.43. The van der Waals surface area contributed by atoms with Gasteiger partial charge in [-0.1, -0.05) is 48.9 Å². The minimum Gasteiger partial charge on any atom is -0.362 e. The molecule has 0 aliphatic rings. The highest BCUT2D eigenvalue weighted by molar-refractivity contribution is 5.98. The van der Waals surface area contributed by atoms with Crippen molar-refractivity contribution in [2.75, 3.05) is 0 Å². The van der Waals surface area contributed by atoms with E-state index < -0.39 is 6.10 Å². The van der Waals surface area contributed by atoms with Crippen LogP contribution in [0.25, 0.3) is 21.9 Å². The van der Waals surface area contributed by atoms with Crippen LogP contribution in [0.5, 0.6) is 0 Å². The molecule has 0 saturated carbocycles. The SMILES string of the molecule is CCc1ccc(-c2c(C(C=O)OC(C)C)n(C)c(=O)c3ccc(C)cc23)cc1. The standard InChI is InChI=1S/C24H27NO3/c1-6-17-8-10-18(11-9-17)22-20-13-16(4)7-12-19(20)24(27)25(5)23(22)21(14-26)28-15(2)3/h7-15,21H,6H2,1-5H3. The number of rotatable bonds is 6. The average molecular weight is 377 g/mol. The van der Waals surface area contributed by atoms with E-state index in [9.17, 15) is 9.59 Å². The Morgan fingerprint density at radius 2 is 1.75 bits per heavy atom. The second-order valence-electron chi connectivity index (χ2n) is 7.47. The number of aldehydes is 1. The predicted octanol–water partition coefficient (Wildman–Crippen LogP) is 4.74. The van der Waals surface area contributed by atoms with Crippen molar-refractivity contribution in [1.29, 1.82) is 0 Å². The molecule has 3 rings (SSSR count). The van der Waals surface area contributed by atoms with Gasteiger partial charge in [-0.3, -0.25) is 4.79 Å². The van der Waals surface area contributed by atoms with Crippen LogP contribution in [0.2, 0.25) is 0 Å². The summed E-state index contributed by atoms with van der Waals surface area (Å²) in [6.07, 6.45) is 0.769. The number of benzene rings is 2. The fourth-order valence-corrected chi connectivity index (χ4v) is 3.64. The monoisotopic (exact) mass is 377 g/mol. The highest BCUT2D eigenvalue weighted by atomic mass is 16.5. The molecule has 0 aliphatic carbocycles. The molecule has 0 saturated heterocycles. The normalized spacial score (nSPS) is 12.5. The summed E-state index contributed by atoms with van der Waals surface area (Å²) in [5.74, 6) is 0. The molecule has 1 atom stereocenters. The van der Waals surface area contributed by atoms with Gasteiger partial charge in [-0.2, -0.15) is 0 Å². The lowest BCUT2D eigenvalue weighted by molar-refractivity contribution is -0.121. The third-order valence-electron chi connectivity index (χ3n) is 5.06. The second-order valence-corrected chi connectivity index (χ2v) is 7.47. The highest BCUT2D eigenvalue weighted by Crippen LogP contribution is 2.35. The number of aryl methyl sites for hydroxylation is 2. The first-order chi connectivity index (χ1) is 13.4. The van der Waals surface area contributed by atoms with Crippen molar-refractivity contribution in [2.24, 2.45) is 7.05 Å². The predicted molar refractivity (Wildman–Crippen MR) is 114 cm³/mol. The molecule has 1 heterocycles. The first-order valence-electron chi connectivity index (χ1n) is 9.70. The largest absolute Gasteiger partial charge is 0.362 e. The number of pyridine rings is 1. The van der Waals surface area contributed by atoms with Gasteiger partial charge < -0.3 is 14.1 Å². The first kappa shape index (κ1) is 20.0. The zero-order valence-electron chi connectivity index (χ0n) is 17.2. The number of fused-ring (bicyclic) bond motifs is 1. The summed E-state index contributed by atoms with van der Waals surface area (Å²) in [7, 11) is 1.71. The number of nitrogens with zero attached hydrogens (tertiary/aromatic N) is 1. The Hall–Kier alpha value is -2.72. The zero-order chi connectivity index (χ0) is 20.4. The van der Waals surface area contributed by atoms with Gasteiger partial charge in [0.1, 0.15) is 0 Å². The molecular weight excluding hydrogens is 350 g/mol. The lowest BCUT2D eigenvalue weighted by Gasteiger charge is -2.23. The third kappa shape index (κ3) is 3.65. The lowest BCUT2D eigenvalue weighted by atomic mass is 9.93. The van der Waals surface area contributed by atoms with Crippen LogP contribution >= 0.6 is 0 Å². The summed E-state index contributed by atoms with van der Waals surface area (Å²) >= 11 is 0. The van der Waals surface area contributed by atoms with Gasteiger partial charge in [0.25, 0.3) is 5.56 Å². The molecule has 4 heteroatoms. The molecule has 0 fully saturated rings. The topological polar surface area (TPSA) is 48.3 Å². The molecule has 4 nitrogen and oxygen atoms in total. The van der Waals surface area contributed by atoms with Crippen molar-refractivity contribution >= 4 is 17.1 Å². The minimum absolute atomic E-state index is 0.127. The van der Waals surface area contributed by atoms with Crippen LogP contribution < -0.4 is 5.56 Å². The fourth-order valence-electron chi connectivity index (χ4n) is 3.64. The second kappa shape index (κ2) is 8.11. The van der Waals surface area contributed by atoms with E-state index in [0.717, 1.165) is 34.8 Å². The van der Waals surface area contributed by atoms with Gasteiger partial charge in [-0.25, -0.2) is 0 Å². The van der Waals surface area contributed by atoms with Crippen LogP contribution in [-0.2, 0) is 23.0 Å². The molecule has 3 aromatic rings. The van der Waals surface area contributed by atoms with Crippen LogP contribution in [0.4, 0.5) is 0 Å².